The third-order valence-corrected chi connectivity index (χ3v) is 8.68. The number of amides is 3. The van der Waals surface area contributed by atoms with E-state index >= 15 is 0 Å². The molecule has 4 aliphatic rings. The second kappa shape index (κ2) is 9.69. The van der Waals surface area contributed by atoms with Crippen molar-refractivity contribution in [3.8, 4) is 0 Å². The Morgan fingerprint density at radius 3 is 1.63 bits per heavy atom. The van der Waals surface area contributed by atoms with Crippen LogP contribution in [0.1, 0.15) is 50.0 Å². The Morgan fingerprint density at radius 1 is 0.674 bits per heavy atom. The van der Waals surface area contributed by atoms with Crippen LogP contribution in [-0.4, -0.2) is 37.6 Å². The monoisotopic (exact) mass is 574 g/mol. The average Bonchev–Trinajstić information content (AvgIpc) is 3.29. The molecular formula is C32H22N4O7. The molecule has 1 heterocycles. The van der Waals surface area contributed by atoms with Gasteiger partial charge in [-0.3, -0.25) is 34.6 Å². The minimum absolute atomic E-state index is 0.0823. The van der Waals surface area contributed by atoms with E-state index < -0.39 is 51.2 Å². The Hall–Kier alpha value is -5.71. The molecule has 8 rings (SSSR count). The van der Waals surface area contributed by atoms with Gasteiger partial charge >= 0.3 is 0 Å². The molecule has 4 aromatic rings. The van der Waals surface area contributed by atoms with Crippen LogP contribution < -0.4 is 0 Å². The highest BCUT2D eigenvalue weighted by Crippen LogP contribution is 2.61. The highest BCUT2D eigenvalue weighted by atomic mass is 16.6. The van der Waals surface area contributed by atoms with Gasteiger partial charge in [-0.05, 0) is 33.9 Å². The van der Waals surface area contributed by atoms with Gasteiger partial charge in [0, 0.05) is 41.7 Å². The van der Waals surface area contributed by atoms with E-state index in [0.29, 0.717) is 5.56 Å². The standard InChI is InChI=1S/C32H22N4O7/c37-30(19-6-5-7-21(16-19)36(42)43)33(17-18-12-14-20(15-13-18)35(40)41)34-31(38)28-26-22-8-1-2-9-23(22)27(29(28)32(34)39)25-11-4-3-10-24(25)26/h1-16,26-29H,17H2/t26?,27?,28-,29-/m1/s1. The summed E-state index contributed by atoms with van der Waals surface area (Å²) in [5.74, 6) is -4.13. The summed E-state index contributed by atoms with van der Waals surface area (Å²) in [6, 6.07) is 26.0. The van der Waals surface area contributed by atoms with Crippen LogP contribution in [0.4, 0.5) is 11.4 Å². The number of non-ortho nitro benzene ring substituents is 2. The van der Waals surface area contributed by atoms with Crippen LogP contribution in [0.15, 0.2) is 97.1 Å². The van der Waals surface area contributed by atoms with E-state index in [1.165, 1.54) is 42.5 Å². The number of hydrogen-bond acceptors (Lipinski definition) is 7. The lowest BCUT2D eigenvalue weighted by Gasteiger charge is -2.45. The number of nitrogens with zero attached hydrogens (tertiary/aromatic N) is 4. The highest BCUT2D eigenvalue weighted by Gasteiger charge is 2.63. The molecule has 1 saturated heterocycles. The molecule has 0 radical (unpaired) electrons. The van der Waals surface area contributed by atoms with Crippen LogP contribution in [0.25, 0.3) is 0 Å². The van der Waals surface area contributed by atoms with Crippen LogP contribution in [0.5, 0.6) is 0 Å². The number of hydrogen-bond donors (Lipinski definition) is 0. The second-order valence-electron chi connectivity index (χ2n) is 10.8. The fourth-order valence-corrected chi connectivity index (χ4v) is 6.93. The number of imide groups is 1. The van der Waals surface area contributed by atoms with Gasteiger partial charge in [0.2, 0.25) is 0 Å². The number of rotatable bonds is 6. The maximum atomic E-state index is 14.4. The summed E-state index contributed by atoms with van der Waals surface area (Å²) in [7, 11) is 0. The zero-order valence-electron chi connectivity index (χ0n) is 22.4. The first-order chi connectivity index (χ1) is 20.8. The molecule has 11 heteroatoms. The molecule has 2 bridgehead atoms. The van der Waals surface area contributed by atoms with Crippen molar-refractivity contribution in [2.24, 2.45) is 11.8 Å². The Kier molecular flexibility index (Phi) is 5.91. The summed E-state index contributed by atoms with van der Waals surface area (Å²) >= 11 is 0. The Balaban J connectivity index is 1.34. The van der Waals surface area contributed by atoms with Crippen molar-refractivity contribution >= 4 is 29.1 Å². The number of nitro groups is 2. The van der Waals surface area contributed by atoms with E-state index in [1.54, 1.807) is 0 Å². The van der Waals surface area contributed by atoms with Crippen molar-refractivity contribution in [1.82, 2.24) is 10.0 Å². The lowest BCUT2D eigenvalue weighted by Crippen LogP contribution is -2.50. The Labute approximate surface area is 244 Å². The predicted octanol–water partition coefficient (Wildman–Crippen LogP) is 4.95. The third kappa shape index (κ3) is 3.92. The molecule has 3 amide bonds. The van der Waals surface area contributed by atoms with Gasteiger partial charge in [-0.1, -0.05) is 66.7 Å². The number of benzene rings is 4. The smallest absolute Gasteiger partial charge is 0.272 e. The summed E-state index contributed by atoms with van der Waals surface area (Å²) in [5.41, 5.74) is 3.76. The summed E-state index contributed by atoms with van der Waals surface area (Å²) in [6.45, 7) is -0.272. The van der Waals surface area contributed by atoms with E-state index in [0.717, 1.165) is 38.3 Å². The van der Waals surface area contributed by atoms with E-state index in [4.69, 9.17) is 0 Å². The molecule has 1 aliphatic heterocycles. The predicted molar refractivity (Wildman–Crippen MR) is 151 cm³/mol. The van der Waals surface area contributed by atoms with Crippen LogP contribution >= 0.6 is 0 Å². The van der Waals surface area contributed by atoms with Gasteiger partial charge in [-0.15, -0.1) is 0 Å². The zero-order valence-corrected chi connectivity index (χ0v) is 22.4. The summed E-state index contributed by atoms with van der Waals surface area (Å²) in [5, 5.41) is 24.6. The van der Waals surface area contributed by atoms with E-state index in [-0.39, 0.29) is 23.5 Å². The quantitative estimate of drug-likeness (QED) is 0.180. The normalized spacial score (nSPS) is 21.2. The lowest BCUT2D eigenvalue weighted by molar-refractivity contribution is -0.385. The highest BCUT2D eigenvalue weighted by molar-refractivity contribution is 6.09. The molecule has 1 fully saturated rings. The van der Waals surface area contributed by atoms with Gasteiger partial charge < -0.3 is 0 Å². The largest absolute Gasteiger partial charge is 0.273 e. The van der Waals surface area contributed by atoms with Crippen molar-refractivity contribution in [3.63, 3.8) is 0 Å². The molecule has 2 atom stereocenters. The van der Waals surface area contributed by atoms with Crippen LogP contribution in [0.3, 0.4) is 0 Å². The van der Waals surface area contributed by atoms with Crippen molar-refractivity contribution in [2.45, 2.75) is 18.4 Å². The van der Waals surface area contributed by atoms with Gasteiger partial charge in [-0.2, -0.15) is 5.01 Å². The van der Waals surface area contributed by atoms with E-state index in [1.807, 2.05) is 48.5 Å². The zero-order chi connectivity index (χ0) is 30.0. The molecule has 3 aliphatic carbocycles. The summed E-state index contributed by atoms with van der Waals surface area (Å²) in [6.07, 6.45) is 0. The molecule has 0 N–H and O–H groups in total. The molecule has 4 aromatic carbocycles. The maximum Gasteiger partial charge on any atom is 0.273 e. The fourth-order valence-electron chi connectivity index (χ4n) is 6.93. The number of carbonyl (C=O) groups excluding carboxylic acids is 3. The van der Waals surface area contributed by atoms with Gasteiger partial charge in [0.05, 0.1) is 28.2 Å². The number of carbonyl (C=O) groups is 3. The van der Waals surface area contributed by atoms with Crippen molar-refractivity contribution in [1.29, 1.82) is 0 Å². The minimum atomic E-state index is -0.787. The van der Waals surface area contributed by atoms with Crippen LogP contribution in [-0.2, 0) is 16.1 Å². The van der Waals surface area contributed by atoms with E-state index in [2.05, 4.69) is 0 Å². The maximum absolute atomic E-state index is 14.4. The molecule has 0 saturated carbocycles. The van der Waals surface area contributed by atoms with Crippen molar-refractivity contribution in [2.75, 3.05) is 0 Å². The lowest BCUT2D eigenvalue weighted by atomic mass is 9.55. The van der Waals surface area contributed by atoms with Gasteiger partial charge in [0.1, 0.15) is 0 Å². The third-order valence-electron chi connectivity index (χ3n) is 8.68. The van der Waals surface area contributed by atoms with Crippen LogP contribution in [0.2, 0.25) is 0 Å². The van der Waals surface area contributed by atoms with Gasteiger partial charge in [0.15, 0.2) is 0 Å². The van der Waals surface area contributed by atoms with Crippen LogP contribution in [0, 0.1) is 32.1 Å². The van der Waals surface area contributed by atoms with E-state index in [9.17, 15) is 34.6 Å². The Bertz CT molecular complexity index is 1760. The topological polar surface area (TPSA) is 144 Å². The first-order valence-corrected chi connectivity index (χ1v) is 13.6. The van der Waals surface area contributed by atoms with Gasteiger partial charge in [-0.25, -0.2) is 5.01 Å². The van der Waals surface area contributed by atoms with Gasteiger partial charge in [0.25, 0.3) is 29.1 Å². The molecular weight excluding hydrogens is 552 g/mol. The SMILES string of the molecule is O=C(c1cccc([N+](=O)[O-])c1)N(Cc1ccc([N+](=O)[O-])cc1)N1C(=O)[C@@H]2C3c4ccccc4C(c4ccccc43)[C@H]2C1=O. The molecule has 43 heavy (non-hydrogen) atoms. The first-order valence-electron chi connectivity index (χ1n) is 13.6. The summed E-state index contributed by atoms with van der Waals surface area (Å²) < 4.78 is 0. The average molecular weight is 575 g/mol. The van der Waals surface area contributed by atoms with Crippen molar-refractivity contribution < 1.29 is 24.2 Å². The molecule has 11 nitrogen and oxygen atoms in total. The molecule has 212 valence electrons. The summed E-state index contributed by atoms with van der Waals surface area (Å²) in [4.78, 5) is 64.2. The first kappa shape index (κ1) is 26.2. The second-order valence-corrected chi connectivity index (χ2v) is 10.8. The molecule has 0 spiro atoms. The minimum Gasteiger partial charge on any atom is -0.272 e. The van der Waals surface area contributed by atoms with Crippen molar-refractivity contribution in [3.05, 3.63) is 151 Å². The molecule has 0 unspecified atom stereocenters. The number of nitro benzene ring substituents is 2. The Morgan fingerprint density at radius 2 is 1.16 bits per heavy atom. The number of hydrazine groups is 1. The molecule has 0 aromatic heterocycles. The fraction of sp³-hybridized carbons (Fsp3) is 0.156.